The first-order valence-corrected chi connectivity index (χ1v) is 10.6. The van der Waals surface area contributed by atoms with Crippen LogP contribution in [-0.2, 0) is 14.4 Å². The zero-order valence-corrected chi connectivity index (χ0v) is 17.9. The Morgan fingerprint density at radius 3 is 2.68 bits per heavy atom. The number of nitrogens with one attached hydrogen (secondary N) is 2. The molecule has 4 unspecified atom stereocenters. The molecule has 0 saturated heterocycles. The van der Waals surface area contributed by atoms with Gasteiger partial charge in [-0.15, -0.1) is 0 Å². The van der Waals surface area contributed by atoms with E-state index in [1.54, 1.807) is 0 Å². The Hall–Kier alpha value is -1.69. The molecule has 2 amide bonds. The van der Waals surface area contributed by atoms with Gasteiger partial charge in [-0.2, -0.15) is 0 Å². The number of Topliss-reactive ketones (excluding diaryl/α,β-unsaturated/α-hetero) is 1. The van der Waals surface area contributed by atoms with Gasteiger partial charge in [0.05, 0.1) is 6.10 Å². The molecule has 1 rings (SSSR count). The van der Waals surface area contributed by atoms with Gasteiger partial charge in [-0.1, -0.05) is 26.8 Å². The van der Waals surface area contributed by atoms with Gasteiger partial charge in [0.15, 0.2) is 0 Å². The van der Waals surface area contributed by atoms with Crippen LogP contribution in [0.5, 0.6) is 0 Å². The highest BCUT2D eigenvalue weighted by Gasteiger charge is 2.33. The summed E-state index contributed by atoms with van der Waals surface area (Å²) < 4.78 is 0. The van der Waals surface area contributed by atoms with Crippen LogP contribution in [-0.4, -0.2) is 35.9 Å². The maximum absolute atomic E-state index is 12.2. The summed E-state index contributed by atoms with van der Waals surface area (Å²) in [5, 5.41) is 16.3. The lowest BCUT2D eigenvalue weighted by atomic mass is 9.76. The lowest BCUT2D eigenvalue weighted by Gasteiger charge is -2.31. The topological polar surface area (TPSA) is 95.5 Å². The molecule has 6 nitrogen and oxygen atoms in total. The number of carbonyl (C=O) groups excluding carboxylic acids is 3. The molecular formula is C22H38N2O4. The molecule has 0 aromatic carbocycles. The van der Waals surface area contributed by atoms with E-state index in [4.69, 9.17) is 0 Å². The molecule has 3 N–H and O–H groups in total. The summed E-state index contributed by atoms with van der Waals surface area (Å²) in [5.74, 6) is 0.341. The molecule has 1 aliphatic carbocycles. The Morgan fingerprint density at radius 1 is 1.36 bits per heavy atom. The van der Waals surface area contributed by atoms with Crippen LogP contribution >= 0.6 is 0 Å². The molecule has 4 atom stereocenters. The van der Waals surface area contributed by atoms with Gasteiger partial charge < -0.3 is 10.4 Å². The maximum atomic E-state index is 12.2. The minimum absolute atomic E-state index is 0.0872. The molecule has 160 valence electrons. The zero-order chi connectivity index (χ0) is 21.1. The van der Waals surface area contributed by atoms with E-state index in [-0.39, 0.29) is 29.9 Å². The van der Waals surface area contributed by atoms with E-state index in [0.717, 1.165) is 25.1 Å². The van der Waals surface area contributed by atoms with Crippen molar-refractivity contribution in [2.75, 3.05) is 6.54 Å². The van der Waals surface area contributed by atoms with Gasteiger partial charge in [0.25, 0.3) is 0 Å². The van der Waals surface area contributed by atoms with Crippen molar-refractivity contribution < 1.29 is 19.5 Å². The van der Waals surface area contributed by atoms with Gasteiger partial charge in [-0.25, -0.2) is 0 Å². The monoisotopic (exact) mass is 394 g/mol. The largest absolute Gasteiger partial charge is 0.392 e. The number of hydrogen-bond donors (Lipinski definition) is 3. The van der Waals surface area contributed by atoms with E-state index in [2.05, 4.69) is 31.4 Å². The van der Waals surface area contributed by atoms with Gasteiger partial charge in [0.1, 0.15) is 5.78 Å². The third-order valence-corrected chi connectivity index (χ3v) is 5.59. The highest BCUT2D eigenvalue weighted by molar-refractivity contribution is 5.86. The Kier molecular flexibility index (Phi) is 11.0. The molecule has 0 bridgehead atoms. The smallest absolute Gasteiger partial charge is 0.226 e. The summed E-state index contributed by atoms with van der Waals surface area (Å²) in [5.41, 5.74) is 1.12. The van der Waals surface area contributed by atoms with E-state index in [9.17, 15) is 19.5 Å². The SMILES string of the molecule is C/C=C(/CCC(CC(=O)NC=O)CC(O)C1CC(C)CCC1=O)NCC(C)C. The molecule has 0 spiro atoms. The molecule has 0 heterocycles. The first kappa shape index (κ1) is 24.3. The molecule has 6 heteroatoms. The van der Waals surface area contributed by atoms with E-state index in [1.165, 1.54) is 0 Å². The number of hydrogen-bond acceptors (Lipinski definition) is 5. The van der Waals surface area contributed by atoms with Crippen molar-refractivity contribution in [1.82, 2.24) is 10.6 Å². The van der Waals surface area contributed by atoms with Crippen LogP contribution in [0.3, 0.4) is 0 Å². The van der Waals surface area contributed by atoms with Crippen LogP contribution in [0.2, 0.25) is 0 Å². The number of imide groups is 1. The second-order valence-electron chi connectivity index (χ2n) is 8.64. The Balaban J connectivity index is 2.71. The van der Waals surface area contributed by atoms with Gasteiger partial charge >= 0.3 is 0 Å². The molecule has 0 aromatic rings. The number of carbonyl (C=O) groups is 3. The van der Waals surface area contributed by atoms with Gasteiger partial charge in [-0.05, 0) is 56.8 Å². The predicted molar refractivity (Wildman–Crippen MR) is 110 cm³/mol. The van der Waals surface area contributed by atoms with Crippen molar-refractivity contribution in [1.29, 1.82) is 0 Å². The van der Waals surface area contributed by atoms with E-state index in [0.29, 0.717) is 43.9 Å². The number of allylic oxidation sites excluding steroid dienone is 2. The fraction of sp³-hybridized carbons (Fsp3) is 0.773. The summed E-state index contributed by atoms with van der Waals surface area (Å²) >= 11 is 0. The standard InChI is InChI=1S/C22H38N2O4/c1-5-18(23-13-15(2)3)8-7-17(12-22(28)24-14-25)11-21(27)19-10-16(4)6-9-20(19)26/h5,14-17,19,21,23,27H,6-13H2,1-4H3,(H,24,25,28)/b18-5-. The van der Waals surface area contributed by atoms with Crippen molar-refractivity contribution in [2.45, 2.75) is 78.7 Å². The average Bonchev–Trinajstić information content (AvgIpc) is 2.63. The zero-order valence-electron chi connectivity index (χ0n) is 17.9. The molecular weight excluding hydrogens is 356 g/mol. The highest BCUT2D eigenvalue weighted by Crippen LogP contribution is 2.32. The number of rotatable bonds is 12. The number of aliphatic hydroxyl groups excluding tert-OH is 1. The maximum Gasteiger partial charge on any atom is 0.226 e. The summed E-state index contributed by atoms with van der Waals surface area (Å²) in [6, 6.07) is 0. The van der Waals surface area contributed by atoms with Crippen LogP contribution in [0.25, 0.3) is 0 Å². The summed E-state index contributed by atoms with van der Waals surface area (Å²) in [6.45, 7) is 9.26. The second-order valence-corrected chi connectivity index (χ2v) is 8.64. The van der Waals surface area contributed by atoms with Crippen LogP contribution in [0.15, 0.2) is 11.8 Å². The van der Waals surface area contributed by atoms with E-state index >= 15 is 0 Å². The van der Waals surface area contributed by atoms with Gasteiger partial charge in [-0.3, -0.25) is 19.7 Å². The van der Waals surface area contributed by atoms with E-state index < -0.39 is 6.10 Å². The quantitative estimate of drug-likeness (QED) is 0.442. The molecule has 1 aliphatic rings. The predicted octanol–water partition coefficient (Wildman–Crippen LogP) is 2.95. The molecule has 0 radical (unpaired) electrons. The first-order valence-electron chi connectivity index (χ1n) is 10.6. The molecule has 1 fully saturated rings. The van der Waals surface area contributed by atoms with Gasteiger partial charge in [0, 0.05) is 31.0 Å². The molecule has 1 saturated carbocycles. The number of aliphatic hydroxyl groups is 1. The highest BCUT2D eigenvalue weighted by atomic mass is 16.3. The molecule has 0 aromatic heterocycles. The summed E-state index contributed by atoms with van der Waals surface area (Å²) in [4.78, 5) is 34.7. The van der Waals surface area contributed by atoms with Crippen molar-refractivity contribution >= 4 is 18.1 Å². The summed E-state index contributed by atoms with van der Waals surface area (Å²) in [7, 11) is 0. The van der Waals surface area contributed by atoms with Crippen LogP contribution < -0.4 is 10.6 Å². The van der Waals surface area contributed by atoms with Crippen molar-refractivity contribution in [3.63, 3.8) is 0 Å². The van der Waals surface area contributed by atoms with Crippen molar-refractivity contribution in [3.8, 4) is 0 Å². The first-order chi connectivity index (χ1) is 13.3. The molecule has 0 aliphatic heterocycles. The second kappa shape index (κ2) is 12.7. The van der Waals surface area contributed by atoms with E-state index in [1.807, 2.05) is 13.0 Å². The number of ketones is 1. The minimum Gasteiger partial charge on any atom is -0.392 e. The van der Waals surface area contributed by atoms with Crippen LogP contribution in [0, 0.1) is 23.7 Å². The van der Waals surface area contributed by atoms with Crippen LogP contribution in [0.1, 0.15) is 72.6 Å². The fourth-order valence-electron chi connectivity index (χ4n) is 3.85. The Labute approximate surface area is 169 Å². The van der Waals surface area contributed by atoms with Gasteiger partial charge in [0.2, 0.25) is 12.3 Å². The van der Waals surface area contributed by atoms with Crippen molar-refractivity contribution in [3.05, 3.63) is 11.8 Å². The number of amides is 2. The fourth-order valence-corrected chi connectivity index (χ4v) is 3.85. The lowest BCUT2D eigenvalue weighted by Crippen LogP contribution is -2.35. The van der Waals surface area contributed by atoms with Crippen molar-refractivity contribution in [2.24, 2.45) is 23.7 Å². The third kappa shape index (κ3) is 9.00. The van der Waals surface area contributed by atoms with Crippen LogP contribution in [0.4, 0.5) is 0 Å². The average molecular weight is 395 g/mol. The normalized spacial score (nSPS) is 22.6. The third-order valence-electron chi connectivity index (χ3n) is 5.59. The minimum atomic E-state index is -0.734. The Bertz CT molecular complexity index is 545. The lowest BCUT2D eigenvalue weighted by molar-refractivity contribution is -0.130. The molecule has 28 heavy (non-hydrogen) atoms. The Morgan fingerprint density at radius 2 is 2.07 bits per heavy atom. The summed E-state index contributed by atoms with van der Waals surface area (Å²) in [6.07, 6.45) is 5.88.